The minimum Gasteiger partial charge on any atom is -0.439 e. The van der Waals surface area contributed by atoms with Gasteiger partial charge in [0.2, 0.25) is 11.7 Å². The molecule has 0 bridgehead atoms. The van der Waals surface area contributed by atoms with Crippen LogP contribution in [0.5, 0.6) is 5.75 Å². The lowest BCUT2D eigenvalue weighted by Gasteiger charge is -2.15. The van der Waals surface area contributed by atoms with Crippen molar-refractivity contribution in [2.75, 3.05) is 11.4 Å². The highest BCUT2D eigenvalue weighted by molar-refractivity contribution is 7.25. The molecule has 0 N–H and O–H groups in total. The summed E-state index contributed by atoms with van der Waals surface area (Å²) in [6.07, 6.45) is 4.20. The van der Waals surface area contributed by atoms with Crippen LogP contribution in [-0.2, 0) is 9.63 Å². The minimum absolute atomic E-state index is 0.218. The highest BCUT2D eigenvalue weighted by Gasteiger charge is 2.24. The van der Waals surface area contributed by atoms with Crippen molar-refractivity contribution in [3.63, 3.8) is 0 Å². The Labute approximate surface area is 219 Å². The molecular weight excluding hydrogens is 484 g/mol. The number of ketones is 1. The van der Waals surface area contributed by atoms with Crippen molar-refractivity contribution in [1.29, 1.82) is 0 Å². The Morgan fingerprint density at radius 2 is 1.78 bits per heavy atom. The second-order valence-corrected chi connectivity index (χ2v) is 10.0. The molecule has 4 aromatic rings. The third kappa shape index (κ3) is 5.00. The molecule has 1 aromatic heterocycles. The van der Waals surface area contributed by atoms with E-state index in [2.05, 4.69) is 47.3 Å². The number of anilines is 1. The number of ether oxygens (including phenoxy) is 1. The Hall–Kier alpha value is -3.97. The van der Waals surface area contributed by atoms with Crippen molar-refractivity contribution in [3.05, 3.63) is 77.7 Å². The molecule has 3 aromatic carbocycles. The molecule has 0 saturated carbocycles. The molecule has 37 heavy (non-hydrogen) atoms. The van der Waals surface area contributed by atoms with E-state index in [1.807, 2.05) is 43.3 Å². The van der Waals surface area contributed by atoms with Gasteiger partial charge in [-0.3, -0.25) is 4.79 Å². The first-order valence-electron chi connectivity index (χ1n) is 12.5. The van der Waals surface area contributed by atoms with Gasteiger partial charge in [-0.25, -0.2) is 4.79 Å². The summed E-state index contributed by atoms with van der Waals surface area (Å²) in [6, 6.07) is 20.1. The van der Waals surface area contributed by atoms with Gasteiger partial charge >= 0.3 is 5.97 Å². The van der Waals surface area contributed by atoms with Crippen LogP contribution in [0, 0.1) is 0 Å². The molecule has 1 aliphatic rings. The van der Waals surface area contributed by atoms with Crippen LogP contribution in [0.1, 0.15) is 56.0 Å². The van der Waals surface area contributed by atoms with E-state index in [1.165, 1.54) is 6.92 Å². The number of rotatable bonds is 8. The van der Waals surface area contributed by atoms with E-state index in [0.717, 1.165) is 62.4 Å². The largest absolute Gasteiger partial charge is 0.439 e. The normalized spacial score (nSPS) is 14.3. The summed E-state index contributed by atoms with van der Waals surface area (Å²) in [5.74, 6) is 0.888. The molecule has 188 valence electrons. The number of oxime groups is 1. The Balaban J connectivity index is 1.51. The Kier molecular flexibility index (Phi) is 7.06. The molecule has 5 rings (SSSR count). The number of Topliss-reactive ketones (excluding diaryl/α,β-unsaturated/α-hetero) is 1. The van der Waals surface area contributed by atoms with Crippen LogP contribution in [0.25, 0.3) is 26.2 Å². The van der Waals surface area contributed by atoms with Gasteiger partial charge in [0.15, 0.2) is 5.75 Å². The molecule has 0 aliphatic carbocycles. The standard InChI is InChI=1S/C30H28N2O4S/c1-4-6-9-24(31-36-19(3)33)30(34)21-13-15-28-23(18-21)22-16-20(12-14-27(22)37-28)17-29-32(5-2)25-10-7-8-11-26(25)35-29/h7-8,10-18H,4-6,9H2,1-3H3. The number of thiophene rings is 1. The number of benzene rings is 3. The maximum absolute atomic E-state index is 13.3. The highest BCUT2D eigenvalue weighted by atomic mass is 32.1. The molecule has 6 nitrogen and oxygen atoms in total. The van der Waals surface area contributed by atoms with E-state index in [-0.39, 0.29) is 11.5 Å². The predicted molar refractivity (Wildman–Crippen MR) is 150 cm³/mol. The van der Waals surface area contributed by atoms with Crippen molar-refractivity contribution in [1.82, 2.24) is 0 Å². The van der Waals surface area contributed by atoms with Gasteiger partial charge < -0.3 is 14.5 Å². The van der Waals surface area contributed by atoms with Crippen molar-refractivity contribution in [2.45, 2.75) is 40.0 Å². The third-order valence-electron chi connectivity index (χ3n) is 6.31. The Morgan fingerprint density at radius 3 is 2.54 bits per heavy atom. The molecule has 0 amide bonds. The van der Waals surface area contributed by atoms with Gasteiger partial charge in [-0.2, -0.15) is 0 Å². The summed E-state index contributed by atoms with van der Waals surface area (Å²) in [5, 5.41) is 5.95. The monoisotopic (exact) mass is 512 g/mol. The molecule has 7 heteroatoms. The van der Waals surface area contributed by atoms with Crippen molar-refractivity contribution in [2.24, 2.45) is 5.16 Å². The van der Waals surface area contributed by atoms with E-state index in [4.69, 9.17) is 9.57 Å². The minimum atomic E-state index is -0.543. The van der Waals surface area contributed by atoms with Gasteiger partial charge in [-0.05, 0) is 67.8 Å². The molecule has 0 radical (unpaired) electrons. The summed E-state index contributed by atoms with van der Waals surface area (Å²) in [4.78, 5) is 31.5. The van der Waals surface area contributed by atoms with Crippen LogP contribution in [0.4, 0.5) is 5.69 Å². The van der Waals surface area contributed by atoms with Crippen molar-refractivity contribution in [3.8, 4) is 5.75 Å². The summed E-state index contributed by atoms with van der Waals surface area (Å²) in [7, 11) is 0. The smallest absolute Gasteiger partial charge is 0.331 e. The van der Waals surface area contributed by atoms with E-state index in [0.29, 0.717) is 12.0 Å². The van der Waals surface area contributed by atoms with E-state index in [1.54, 1.807) is 11.3 Å². The number of nitrogens with zero attached hydrogens (tertiary/aromatic N) is 2. The van der Waals surface area contributed by atoms with Gasteiger partial charge in [0.25, 0.3) is 0 Å². The highest BCUT2D eigenvalue weighted by Crippen LogP contribution is 2.40. The SMILES string of the molecule is CCCCC(=NOC(C)=O)C(=O)c1ccc2sc3ccc(C=C4Oc5ccccc5N4CC)cc3c2c1. The molecule has 0 atom stereocenters. The molecule has 0 unspecified atom stereocenters. The fourth-order valence-corrected chi connectivity index (χ4v) is 5.55. The topological polar surface area (TPSA) is 68.2 Å². The fourth-order valence-electron chi connectivity index (χ4n) is 4.49. The lowest BCUT2D eigenvalue weighted by molar-refractivity contribution is -0.140. The molecule has 1 aliphatic heterocycles. The summed E-state index contributed by atoms with van der Waals surface area (Å²) in [6.45, 7) is 6.22. The first-order valence-corrected chi connectivity index (χ1v) is 13.3. The molecule has 2 heterocycles. The summed E-state index contributed by atoms with van der Waals surface area (Å²) >= 11 is 1.69. The second kappa shape index (κ2) is 10.6. The van der Waals surface area contributed by atoms with Crippen molar-refractivity contribution >= 4 is 60.7 Å². The summed E-state index contributed by atoms with van der Waals surface area (Å²) in [5.41, 5.74) is 2.88. The maximum Gasteiger partial charge on any atom is 0.331 e. The zero-order valence-electron chi connectivity index (χ0n) is 21.1. The van der Waals surface area contributed by atoms with Gasteiger partial charge in [0.05, 0.1) is 5.69 Å². The van der Waals surface area contributed by atoms with Gasteiger partial charge in [0.1, 0.15) is 5.71 Å². The van der Waals surface area contributed by atoms with Crippen LogP contribution in [0.2, 0.25) is 0 Å². The molecule has 0 saturated heterocycles. The Bertz CT molecular complexity index is 1570. The van der Waals surface area contributed by atoms with Crippen LogP contribution >= 0.6 is 11.3 Å². The van der Waals surface area contributed by atoms with Crippen molar-refractivity contribution < 1.29 is 19.2 Å². The number of hydrogen-bond donors (Lipinski definition) is 0. The maximum atomic E-state index is 13.3. The molecule has 0 spiro atoms. The number of fused-ring (bicyclic) bond motifs is 4. The van der Waals surface area contributed by atoms with E-state index >= 15 is 0 Å². The zero-order chi connectivity index (χ0) is 25.9. The lowest BCUT2D eigenvalue weighted by Crippen LogP contribution is -2.19. The second-order valence-electron chi connectivity index (χ2n) is 8.92. The fraction of sp³-hybridized carbons (Fsp3) is 0.233. The number of carbonyl (C=O) groups excluding carboxylic acids is 2. The number of para-hydroxylation sites is 2. The number of carbonyl (C=O) groups is 2. The van der Waals surface area contributed by atoms with Gasteiger partial charge in [0, 0.05) is 45.3 Å². The van der Waals surface area contributed by atoms with Crippen LogP contribution in [0.15, 0.2) is 71.7 Å². The van der Waals surface area contributed by atoms with Gasteiger partial charge in [-0.15, -0.1) is 11.3 Å². The lowest BCUT2D eigenvalue weighted by atomic mass is 10.0. The predicted octanol–water partition coefficient (Wildman–Crippen LogP) is 7.56. The third-order valence-corrected chi connectivity index (χ3v) is 7.46. The van der Waals surface area contributed by atoms with Crippen LogP contribution in [0.3, 0.4) is 0 Å². The van der Waals surface area contributed by atoms with E-state index in [9.17, 15) is 9.59 Å². The zero-order valence-corrected chi connectivity index (χ0v) is 21.9. The first kappa shape index (κ1) is 24.7. The Morgan fingerprint density at radius 1 is 1.03 bits per heavy atom. The average Bonchev–Trinajstić information content (AvgIpc) is 3.44. The number of hydrogen-bond acceptors (Lipinski definition) is 7. The molecular formula is C30H28N2O4S. The van der Waals surface area contributed by atoms with Crippen LogP contribution in [-0.4, -0.2) is 24.0 Å². The average molecular weight is 513 g/mol. The van der Waals surface area contributed by atoms with Crippen LogP contribution < -0.4 is 9.64 Å². The number of unbranched alkanes of at least 4 members (excludes halogenated alkanes) is 1. The summed E-state index contributed by atoms with van der Waals surface area (Å²) < 4.78 is 8.38. The molecule has 0 fully saturated rings. The van der Waals surface area contributed by atoms with Gasteiger partial charge in [-0.1, -0.05) is 36.7 Å². The quantitative estimate of drug-likeness (QED) is 0.105. The van der Waals surface area contributed by atoms with E-state index < -0.39 is 5.97 Å². The first-order chi connectivity index (χ1) is 18.0.